The van der Waals surface area contributed by atoms with Crippen LogP contribution in [0, 0.1) is 0 Å². The molecule has 0 saturated heterocycles. The molecule has 0 aliphatic carbocycles. The van der Waals surface area contributed by atoms with Crippen LogP contribution in [0.25, 0.3) is 0 Å². The van der Waals surface area contributed by atoms with Crippen molar-refractivity contribution in [2.45, 2.75) is 18.9 Å². The Hall–Kier alpha value is -3.68. The number of hydrogen-bond acceptors (Lipinski definition) is 5. The van der Waals surface area contributed by atoms with E-state index < -0.39 is 6.04 Å². The van der Waals surface area contributed by atoms with Crippen molar-refractivity contribution in [3.63, 3.8) is 0 Å². The van der Waals surface area contributed by atoms with Gasteiger partial charge in [0.25, 0.3) is 5.91 Å². The monoisotopic (exact) mass is 395 g/mol. The minimum atomic E-state index is -0.835. The van der Waals surface area contributed by atoms with E-state index in [4.69, 9.17) is 4.74 Å². The molecule has 29 heavy (non-hydrogen) atoms. The first kappa shape index (κ1) is 20.1. The van der Waals surface area contributed by atoms with E-state index in [1.165, 1.54) is 7.11 Å². The molecule has 0 spiro atoms. The van der Waals surface area contributed by atoms with Crippen LogP contribution >= 0.6 is 0 Å². The number of Topliss-reactive ketones (excluding diaryl/α,β-unsaturated/α-hetero) is 1. The minimum Gasteiger partial charge on any atom is -0.497 e. The number of fused-ring (bicyclic) bond motifs is 1. The van der Waals surface area contributed by atoms with E-state index in [-0.39, 0.29) is 42.9 Å². The fourth-order valence-corrected chi connectivity index (χ4v) is 2.94. The number of ketones is 1. The Balaban J connectivity index is 1.49. The molecule has 1 heterocycles. The summed E-state index contributed by atoms with van der Waals surface area (Å²) < 4.78 is 5.04. The number of amides is 3. The summed E-state index contributed by atoms with van der Waals surface area (Å²) in [7, 11) is 1.53. The standard InChI is InChI=1S/C21H21N3O5/c1-29-14-8-6-13(7-9-14)18(25)12-22-19(26)11-10-17-21(28)23-16-5-3-2-4-15(16)20(27)24-17/h2-9,17H,10-12H2,1H3,(H,22,26)(H,23,28)(H,24,27). The number of carbonyl (C=O) groups excluding carboxylic acids is 4. The maximum atomic E-state index is 12.3. The highest BCUT2D eigenvalue weighted by Gasteiger charge is 2.27. The van der Waals surface area contributed by atoms with Gasteiger partial charge in [-0.25, -0.2) is 0 Å². The summed E-state index contributed by atoms with van der Waals surface area (Å²) in [5.41, 5.74) is 1.27. The lowest BCUT2D eigenvalue weighted by Crippen LogP contribution is -2.42. The molecule has 0 saturated carbocycles. The molecule has 1 unspecified atom stereocenters. The van der Waals surface area contributed by atoms with Crippen molar-refractivity contribution < 1.29 is 23.9 Å². The van der Waals surface area contributed by atoms with E-state index in [0.717, 1.165) is 0 Å². The third kappa shape index (κ3) is 4.98. The maximum Gasteiger partial charge on any atom is 0.254 e. The lowest BCUT2D eigenvalue weighted by Gasteiger charge is -2.14. The lowest BCUT2D eigenvalue weighted by atomic mass is 10.1. The van der Waals surface area contributed by atoms with Gasteiger partial charge in [0.15, 0.2) is 5.78 Å². The van der Waals surface area contributed by atoms with Gasteiger partial charge in [-0.15, -0.1) is 0 Å². The summed E-state index contributed by atoms with van der Waals surface area (Å²) in [6.07, 6.45) is 0.110. The van der Waals surface area contributed by atoms with Gasteiger partial charge in [-0.3, -0.25) is 19.2 Å². The van der Waals surface area contributed by atoms with E-state index in [2.05, 4.69) is 16.0 Å². The molecule has 1 aliphatic rings. The van der Waals surface area contributed by atoms with Crippen molar-refractivity contribution in [3.8, 4) is 5.75 Å². The summed E-state index contributed by atoms with van der Waals surface area (Å²) in [6, 6.07) is 12.4. The second-order valence-electron chi connectivity index (χ2n) is 6.53. The highest BCUT2D eigenvalue weighted by Crippen LogP contribution is 2.19. The number of ether oxygens (including phenoxy) is 1. The topological polar surface area (TPSA) is 114 Å². The Morgan fingerprint density at radius 2 is 1.79 bits per heavy atom. The zero-order valence-corrected chi connectivity index (χ0v) is 15.9. The van der Waals surface area contributed by atoms with Crippen LogP contribution in [-0.2, 0) is 9.59 Å². The van der Waals surface area contributed by atoms with Gasteiger partial charge >= 0.3 is 0 Å². The van der Waals surface area contributed by atoms with Crippen LogP contribution in [0.3, 0.4) is 0 Å². The Bertz CT molecular complexity index is 940. The van der Waals surface area contributed by atoms with Crippen molar-refractivity contribution in [1.82, 2.24) is 10.6 Å². The first-order valence-electron chi connectivity index (χ1n) is 9.12. The third-order valence-corrected chi connectivity index (χ3v) is 4.57. The van der Waals surface area contributed by atoms with Gasteiger partial charge in [-0.2, -0.15) is 0 Å². The molecule has 3 amide bonds. The second kappa shape index (κ2) is 9.01. The molecular formula is C21H21N3O5. The molecular weight excluding hydrogens is 374 g/mol. The van der Waals surface area contributed by atoms with Crippen molar-refractivity contribution >= 4 is 29.2 Å². The third-order valence-electron chi connectivity index (χ3n) is 4.57. The lowest BCUT2D eigenvalue weighted by molar-refractivity contribution is -0.121. The largest absolute Gasteiger partial charge is 0.497 e. The molecule has 0 fully saturated rings. The first-order chi connectivity index (χ1) is 14.0. The normalized spacial score (nSPS) is 15.4. The number of methoxy groups -OCH3 is 1. The molecule has 8 heteroatoms. The summed E-state index contributed by atoms with van der Waals surface area (Å²) in [5.74, 6) is -0.742. The fourth-order valence-electron chi connectivity index (χ4n) is 2.94. The van der Waals surface area contributed by atoms with Crippen molar-refractivity contribution in [1.29, 1.82) is 0 Å². The Kier molecular flexibility index (Phi) is 6.23. The van der Waals surface area contributed by atoms with Crippen LogP contribution in [0.5, 0.6) is 5.75 Å². The maximum absolute atomic E-state index is 12.3. The molecule has 0 aromatic heterocycles. The molecule has 3 N–H and O–H groups in total. The van der Waals surface area contributed by atoms with Crippen LogP contribution in [0.15, 0.2) is 48.5 Å². The predicted molar refractivity (Wildman–Crippen MR) is 106 cm³/mol. The number of rotatable bonds is 7. The number of carbonyl (C=O) groups is 4. The average molecular weight is 395 g/mol. The molecule has 3 rings (SSSR count). The molecule has 1 aliphatic heterocycles. The van der Waals surface area contributed by atoms with Crippen LogP contribution < -0.4 is 20.7 Å². The molecule has 2 aromatic carbocycles. The SMILES string of the molecule is COc1ccc(C(=O)CNC(=O)CCC2NC(=O)c3ccccc3NC2=O)cc1. The Labute approximate surface area is 167 Å². The summed E-state index contributed by atoms with van der Waals surface area (Å²) in [6.45, 7) is -0.153. The fraction of sp³-hybridized carbons (Fsp3) is 0.238. The van der Waals surface area contributed by atoms with Crippen molar-refractivity contribution in [3.05, 3.63) is 59.7 Å². The van der Waals surface area contributed by atoms with Gasteiger partial charge in [0.1, 0.15) is 11.8 Å². The Morgan fingerprint density at radius 3 is 2.52 bits per heavy atom. The molecule has 150 valence electrons. The second-order valence-corrected chi connectivity index (χ2v) is 6.53. The van der Waals surface area contributed by atoms with Gasteiger partial charge in [0.2, 0.25) is 11.8 Å². The number of hydrogen-bond donors (Lipinski definition) is 3. The summed E-state index contributed by atoms with van der Waals surface area (Å²) in [5, 5.41) is 7.87. The zero-order valence-electron chi connectivity index (χ0n) is 15.9. The smallest absolute Gasteiger partial charge is 0.254 e. The van der Waals surface area contributed by atoms with Crippen LogP contribution in [0.1, 0.15) is 33.6 Å². The number of benzene rings is 2. The van der Waals surface area contributed by atoms with Gasteiger partial charge in [-0.1, -0.05) is 12.1 Å². The summed E-state index contributed by atoms with van der Waals surface area (Å²) >= 11 is 0. The number of anilines is 1. The van der Waals surface area contributed by atoms with Gasteiger partial charge in [-0.05, 0) is 42.8 Å². The van der Waals surface area contributed by atoms with Crippen molar-refractivity contribution in [2.75, 3.05) is 19.0 Å². The van der Waals surface area contributed by atoms with Gasteiger partial charge < -0.3 is 20.7 Å². The first-order valence-corrected chi connectivity index (χ1v) is 9.12. The van der Waals surface area contributed by atoms with Crippen LogP contribution in [0.2, 0.25) is 0 Å². The molecule has 1 atom stereocenters. The van der Waals surface area contributed by atoms with Gasteiger partial charge in [0.05, 0.1) is 24.9 Å². The average Bonchev–Trinajstić information content (AvgIpc) is 2.86. The van der Waals surface area contributed by atoms with Crippen molar-refractivity contribution in [2.24, 2.45) is 0 Å². The van der Waals surface area contributed by atoms with Crippen LogP contribution in [-0.4, -0.2) is 43.2 Å². The van der Waals surface area contributed by atoms with E-state index in [1.807, 2.05) is 0 Å². The quantitative estimate of drug-likeness (QED) is 0.615. The van der Waals surface area contributed by atoms with Crippen LogP contribution in [0.4, 0.5) is 5.69 Å². The predicted octanol–water partition coefficient (Wildman–Crippen LogP) is 1.52. The number of para-hydroxylation sites is 1. The van der Waals surface area contributed by atoms with E-state index in [1.54, 1.807) is 48.5 Å². The zero-order chi connectivity index (χ0) is 20.8. The molecule has 2 aromatic rings. The van der Waals surface area contributed by atoms with E-state index in [0.29, 0.717) is 22.6 Å². The number of nitrogens with one attached hydrogen (secondary N) is 3. The summed E-state index contributed by atoms with van der Waals surface area (Å²) in [4.78, 5) is 48.8. The molecule has 8 nitrogen and oxygen atoms in total. The molecule has 0 radical (unpaired) electrons. The van der Waals surface area contributed by atoms with Gasteiger partial charge in [0, 0.05) is 12.0 Å². The van der Waals surface area contributed by atoms with E-state index in [9.17, 15) is 19.2 Å². The van der Waals surface area contributed by atoms with E-state index >= 15 is 0 Å². The highest BCUT2D eigenvalue weighted by molar-refractivity contribution is 6.09. The highest BCUT2D eigenvalue weighted by atomic mass is 16.5. The Morgan fingerprint density at radius 1 is 1.07 bits per heavy atom. The molecule has 0 bridgehead atoms. The minimum absolute atomic E-state index is 0.00932.